The van der Waals surface area contributed by atoms with Gasteiger partial charge in [0.2, 0.25) is 0 Å². The first-order valence-electron chi connectivity index (χ1n) is 9.01. The number of ether oxygens (including phenoxy) is 2. The van der Waals surface area contributed by atoms with E-state index in [-0.39, 0.29) is 22.3 Å². The molecule has 0 N–H and O–H groups in total. The summed E-state index contributed by atoms with van der Waals surface area (Å²) in [5.41, 5.74) is 0.482. The number of allylic oxidation sites excluding steroid dienone is 1. The summed E-state index contributed by atoms with van der Waals surface area (Å²) in [4.78, 5) is 29.7. The minimum absolute atomic E-state index is 0.0367. The monoisotopic (exact) mass is 384 g/mol. The number of carbonyl (C=O) groups is 2. The van der Waals surface area contributed by atoms with E-state index < -0.39 is 0 Å². The van der Waals surface area contributed by atoms with E-state index in [4.69, 9.17) is 9.47 Å². The van der Waals surface area contributed by atoms with Gasteiger partial charge in [0.1, 0.15) is 0 Å². The average Bonchev–Trinajstić information content (AvgIpc) is 3.08. The molecule has 2 unspecified atom stereocenters. The van der Waals surface area contributed by atoms with Crippen molar-refractivity contribution < 1.29 is 19.1 Å². The highest BCUT2D eigenvalue weighted by Crippen LogP contribution is 2.52. The maximum absolute atomic E-state index is 12.4. The third-order valence-electron chi connectivity index (χ3n) is 5.08. The molecule has 0 radical (unpaired) electrons. The molecule has 25 heavy (non-hydrogen) atoms. The number of ketones is 2. The summed E-state index contributed by atoms with van der Waals surface area (Å²) in [5.74, 6) is 0.0733. The number of Topliss-reactive ketones (excluding diaryl/α,β-unsaturated/α-hetero) is 2. The Kier molecular flexibility index (Phi) is 5.84. The number of thioether (sulfide) groups is 2. The van der Waals surface area contributed by atoms with Crippen molar-refractivity contribution in [3.05, 3.63) is 9.81 Å². The van der Waals surface area contributed by atoms with Crippen molar-refractivity contribution in [3.63, 3.8) is 0 Å². The molecule has 0 aromatic heterocycles. The van der Waals surface area contributed by atoms with E-state index >= 15 is 0 Å². The van der Waals surface area contributed by atoms with E-state index in [0.29, 0.717) is 24.8 Å². The summed E-state index contributed by atoms with van der Waals surface area (Å²) in [5, 5.41) is 0.522. The maximum atomic E-state index is 12.4. The molecule has 8 heteroatoms. The Bertz CT molecular complexity index is 525. The first-order chi connectivity index (χ1) is 12.2. The molecule has 3 aliphatic heterocycles. The van der Waals surface area contributed by atoms with Crippen molar-refractivity contribution in [2.75, 3.05) is 52.6 Å². The van der Waals surface area contributed by atoms with E-state index in [1.807, 2.05) is 0 Å². The van der Waals surface area contributed by atoms with Crippen LogP contribution in [0.1, 0.15) is 19.3 Å². The van der Waals surface area contributed by atoms with Crippen LogP contribution in [0.4, 0.5) is 0 Å². The number of nitrogens with zero attached hydrogens (tertiary/aromatic N) is 2. The van der Waals surface area contributed by atoms with E-state index in [2.05, 4.69) is 9.80 Å². The standard InChI is InChI=1S/C17H24N2O4S2/c20-12-2-1-3-13(21)14(12)17-24-15(18-4-8-22-9-5-18)16(25-17)19-6-10-23-11-7-19/h15-16H,1-11H2. The summed E-state index contributed by atoms with van der Waals surface area (Å²) in [7, 11) is 0. The van der Waals surface area contributed by atoms with E-state index in [1.54, 1.807) is 23.5 Å². The Labute approximate surface area is 156 Å². The summed E-state index contributed by atoms with van der Waals surface area (Å²) < 4.78 is 12.0. The second kappa shape index (κ2) is 8.10. The molecule has 1 aliphatic carbocycles. The van der Waals surface area contributed by atoms with Gasteiger partial charge in [0.25, 0.3) is 0 Å². The van der Waals surface area contributed by atoms with Crippen LogP contribution in [0.2, 0.25) is 0 Å². The molecule has 0 aromatic rings. The molecular formula is C17H24N2O4S2. The van der Waals surface area contributed by atoms with Crippen LogP contribution < -0.4 is 0 Å². The molecule has 3 heterocycles. The molecule has 4 fully saturated rings. The van der Waals surface area contributed by atoms with Crippen LogP contribution in [0.5, 0.6) is 0 Å². The molecule has 4 aliphatic rings. The summed E-state index contributed by atoms with van der Waals surface area (Å²) in [6, 6.07) is 0. The predicted molar refractivity (Wildman–Crippen MR) is 98.4 cm³/mol. The third-order valence-corrected chi connectivity index (χ3v) is 8.26. The van der Waals surface area contributed by atoms with Gasteiger partial charge in [-0.3, -0.25) is 19.4 Å². The predicted octanol–water partition coefficient (Wildman–Crippen LogP) is 1.32. The molecule has 3 saturated heterocycles. The Morgan fingerprint density at radius 1 is 0.760 bits per heavy atom. The quantitative estimate of drug-likeness (QED) is 0.522. The van der Waals surface area contributed by atoms with Gasteiger partial charge in [-0.2, -0.15) is 0 Å². The molecule has 0 amide bonds. The molecule has 6 nitrogen and oxygen atoms in total. The molecular weight excluding hydrogens is 360 g/mol. The van der Waals surface area contributed by atoms with Gasteiger partial charge in [-0.1, -0.05) is 23.5 Å². The lowest BCUT2D eigenvalue weighted by Gasteiger charge is -2.39. The van der Waals surface area contributed by atoms with Crippen LogP contribution in [-0.4, -0.2) is 84.7 Å². The molecule has 0 spiro atoms. The molecule has 4 rings (SSSR count). The number of hydrogen-bond donors (Lipinski definition) is 0. The lowest BCUT2D eigenvalue weighted by Crippen LogP contribution is -2.52. The maximum Gasteiger partial charge on any atom is 0.168 e. The van der Waals surface area contributed by atoms with Crippen LogP contribution >= 0.6 is 23.5 Å². The lowest BCUT2D eigenvalue weighted by molar-refractivity contribution is -0.123. The van der Waals surface area contributed by atoms with Crippen LogP contribution in [0, 0.1) is 0 Å². The second-order valence-corrected chi connectivity index (χ2v) is 9.19. The number of hydrogen-bond acceptors (Lipinski definition) is 8. The second-order valence-electron chi connectivity index (χ2n) is 6.68. The van der Waals surface area contributed by atoms with Crippen LogP contribution in [-0.2, 0) is 19.1 Å². The van der Waals surface area contributed by atoms with Gasteiger partial charge in [0.05, 0.1) is 47.0 Å². The fourth-order valence-electron chi connectivity index (χ4n) is 3.70. The Morgan fingerprint density at radius 3 is 1.64 bits per heavy atom. The fourth-order valence-corrected chi connectivity index (χ4v) is 7.27. The first-order valence-corrected chi connectivity index (χ1v) is 10.8. The SMILES string of the molecule is O=C1CCCC(=O)C1=C1SC(N2CCOCC2)C(N2CCOCC2)S1. The van der Waals surface area contributed by atoms with E-state index in [1.165, 1.54) is 0 Å². The summed E-state index contributed by atoms with van der Waals surface area (Å²) in [6.07, 6.45) is 1.72. The smallest absolute Gasteiger partial charge is 0.168 e. The van der Waals surface area contributed by atoms with Crippen molar-refractivity contribution in [2.45, 2.75) is 30.0 Å². The van der Waals surface area contributed by atoms with Crippen molar-refractivity contribution in [1.29, 1.82) is 0 Å². The van der Waals surface area contributed by atoms with Gasteiger partial charge in [-0.05, 0) is 6.42 Å². The highest BCUT2D eigenvalue weighted by atomic mass is 32.2. The van der Waals surface area contributed by atoms with Gasteiger partial charge in [-0.25, -0.2) is 0 Å². The minimum Gasteiger partial charge on any atom is -0.379 e. The van der Waals surface area contributed by atoms with E-state index in [0.717, 1.165) is 56.8 Å². The number of carbonyl (C=O) groups excluding carboxylic acids is 2. The summed E-state index contributed by atoms with van der Waals surface area (Å²) in [6.45, 7) is 6.63. The summed E-state index contributed by atoms with van der Waals surface area (Å²) >= 11 is 3.44. The highest BCUT2D eigenvalue weighted by Gasteiger charge is 2.43. The van der Waals surface area contributed by atoms with Crippen LogP contribution in [0.3, 0.4) is 0 Å². The van der Waals surface area contributed by atoms with Crippen LogP contribution in [0.15, 0.2) is 9.81 Å². The lowest BCUT2D eigenvalue weighted by atomic mass is 9.94. The number of morpholine rings is 2. The van der Waals surface area contributed by atoms with Gasteiger partial charge in [0, 0.05) is 39.0 Å². The zero-order chi connectivity index (χ0) is 17.2. The Balaban J connectivity index is 1.60. The highest BCUT2D eigenvalue weighted by molar-refractivity contribution is 8.26. The van der Waals surface area contributed by atoms with Gasteiger partial charge < -0.3 is 9.47 Å². The zero-order valence-electron chi connectivity index (χ0n) is 14.3. The van der Waals surface area contributed by atoms with Gasteiger partial charge in [0.15, 0.2) is 11.6 Å². The third kappa shape index (κ3) is 3.84. The molecule has 1 saturated carbocycles. The largest absolute Gasteiger partial charge is 0.379 e. The Morgan fingerprint density at radius 2 is 1.20 bits per heavy atom. The van der Waals surface area contributed by atoms with Crippen molar-refractivity contribution >= 4 is 35.1 Å². The molecule has 0 bridgehead atoms. The zero-order valence-corrected chi connectivity index (χ0v) is 15.9. The Hall–Kier alpha value is -0.380. The topological polar surface area (TPSA) is 59.1 Å². The van der Waals surface area contributed by atoms with Crippen molar-refractivity contribution in [3.8, 4) is 0 Å². The molecule has 2 atom stereocenters. The average molecular weight is 385 g/mol. The fraction of sp³-hybridized carbons (Fsp3) is 0.765. The van der Waals surface area contributed by atoms with Crippen molar-refractivity contribution in [1.82, 2.24) is 9.80 Å². The normalized spacial score (nSPS) is 33.3. The van der Waals surface area contributed by atoms with Crippen LogP contribution in [0.25, 0.3) is 0 Å². The van der Waals surface area contributed by atoms with Gasteiger partial charge in [-0.15, -0.1) is 0 Å². The minimum atomic E-state index is 0.0367. The number of rotatable bonds is 2. The molecule has 138 valence electrons. The first kappa shape index (κ1) is 18.0. The van der Waals surface area contributed by atoms with Gasteiger partial charge >= 0.3 is 0 Å². The van der Waals surface area contributed by atoms with E-state index in [9.17, 15) is 9.59 Å². The molecule has 0 aromatic carbocycles. The van der Waals surface area contributed by atoms with Crippen molar-refractivity contribution in [2.24, 2.45) is 0 Å².